The molecule has 0 fully saturated rings. The van der Waals surface area contributed by atoms with Gasteiger partial charge in [0.25, 0.3) is 11.6 Å². The molecule has 1 atom stereocenters. The topological polar surface area (TPSA) is 102 Å². The maximum atomic E-state index is 12.5. The van der Waals surface area contributed by atoms with Crippen LogP contribution < -0.4 is 10.1 Å². The first-order valence-electron chi connectivity index (χ1n) is 8.57. The average molecular weight is 378 g/mol. The number of hydrogen-bond acceptors (Lipinski definition) is 5. The number of nitrogens with zero attached hydrogens (tertiary/aromatic N) is 1. The molecule has 0 aromatic heterocycles. The van der Waals surface area contributed by atoms with Crippen LogP contribution in [0.1, 0.15) is 22.0 Å². The third-order valence-electron chi connectivity index (χ3n) is 4.05. The van der Waals surface area contributed by atoms with Gasteiger partial charge in [-0.3, -0.25) is 14.9 Å². The number of rotatable bonds is 7. The second kappa shape index (κ2) is 8.79. The number of hydrogen-bond donors (Lipinski definition) is 2. The highest BCUT2D eigenvalue weighted by Gasteiger charge is 2.16. The lowest BCUT2D eigenvalue weighted by Crippen LogP contribution is -2.28. The zero-order valence-electron chi connectivity index (χ0n) is 14.8. The second-order valence-corrected chi connectivity index (χ2v) is 5.99. The molecule has 7 heteroatoms. The van der Waals surface area contributed by atoms with Crippen LogP contribution in [0.4, 0.5) is 5.69 Å². The van der Waals surface area contributed by atoms with Gasteiger partial charge in [0, 0.05) is 18.7 Å². The van der Waals surface area contributed by atoms with Gasteiger partial charge in [0.15, 0.2) is 0 Å². The third-order valence-corrected chi connectivity index (χ3v) is 4.05. The lowest BCUT2D eigenvalue weighted by atomic mass is 10.1. The molecule has 0 aliphatic rings. The molecule has 7 nitrogen and oxygen atoms in total. The number of para-hydroxylation sites is 2. The Balaban J connectivity index is 1.65. The number of nitro benzene ring substituents is 1. The highest BCUT2D eigenvalue weighted by molar-refractivity contribution is 5.97. The minimum absolute atomic E-state index is 0.0453. The number of aliphatic hydroxyl groups is 1. The molecule has 1 amide bonds. The van der Waals surface area contributed by atoms with Crippen molar-refractivity contribution < 1.29 is 19.6 Å². The average Bonchev–Trinajstić information content (AvgIpc) is 2.73. The summed E-state index contributed by atoms with van der Waals surface area (Å²) in [6.07, 6.45) is -0.994. The molecule has 0 saturated carbocycles. The largest absolute Gasteiger partial charge is 0.457 e. The van der Waals surface area contributed by atoms with Crippen molar-refractivity contribution in [2.45, 2.75) is 6.10 Å². The van der Waals surface area contributed by atoms with Crippen LogP contribution in [-0.4, -0.2) is 22.5 Å². The van der Waals surface area contributed by atoms with E-state index < -0.39 is 16.9 Å². The van der Waals surface area contributed by atoms with Gasteiger partial charge in [0.1, 0.15) is 11.5 Å². The van der Waals surface area contributed by atoms with E-state index in [-0.39, 0.29) is 12.2 Å². The molecule has 2 N–H and O–H groups in total. The Kier molecular flexibility index (Phi) is 5.98. The van der Waals surface area contributed by atoms with Crippen LogP contribution in [-0.2, 0) is 0 Å². The summed E-state index contributed by atoms with van der Waals surface area (Å²) in [5, 5.41) is 23.6. The fourth-order valence-corrected chi connectivity index (χ4v) is 2.58. The van der Waals surface area contributed by atoms with E-state index in [9.17, 15) is 20.0 Å². The molecule has 0 unspecified atom stereocenters. The van der Waals surface area contributed by atoms with Crippen LogP contribution in [0.5, 0.6) is 11.5 Å². The normalized spacial score (nSPS) is 11.5. The summed E-state index contributed by atoms with van der Waals surface area (Å²) in [4.78, 5) is 22.7. The number of carbonyl (C=O) groups is 1. The first kappa shape index (κ1) is 19.1. The number of amides is 1. The molecular formula is C21H18N2O5. The molecule has 142 valence electrons. The van der Waals surface area contributed by atoms with Gasteiger partial charge in [0.2, 0.25) is 0 Å². The summed E-state index contributed by atoms with van der Waals surface area (Å²) < 4.78 is 5.77. The van der Waals surface area contributed by atoms with Crippen molar-refractivity contribution in [3.05, 3.63) is 100 Å². The van der Waals surface area contributed by atoms with Gasteiger partial charge in [-0.05, 0) is 42.0 Å². The molecule has 3 aromatic carbocycles. The Morgan fingerprint density at radius 3 is 2.32 bits per heavy atom. The van der Waals surface area contributed by atoms with Gasteiger partial charge < -0.3 is 15.2 Å². The minimum Gasteiger partial charge on any atom is -0.457 e. The lowest BCUT2D eigenvalue weighted by Gasteiger charge is -2.14. The van der Waals surface area contributed by atoms with E-state index in [1.807, 2.05) is 18.2 Å². The zero-order chi connectivity index (χ0) is 19.9. The van der Waals surface area contributed by atoms with Crippen LogP contribution in [0, 0.1) is 10.1 Å². The van der Waals surface area contributed by atoms with E-state index >= 15 is 0 Å². The Bertz CT molecular complexity index is 958. The maximum absolute atomic E-state index is 12.5. The smallest absolute Gasteiger partial charge is 0.269 e. The molecule has 0 radical (unpaired) electrons. The highest BCUT2D eigenvalue weighted by Crippen LogP contribution is 2.25. The van der Waals surface area contributed by atoms with Crippen molar-refractivity contribution in [1.29, 1.82) is 0 Å². The highest BCUT2D eigenvalue weighted by atomic mass is 16.6. The van der Waals surface area contributed by atoms with Crippen molar-refractivity contribution in [2.75, 3.05) is 6.54 Å². The molecule has 28 heavy (non-hydrogen) atoms. The van der Waals surface area contributed by atoms with Crippen LogP contribution in [0.25, 0.3) is 0 Å². The van der Waals surface area contributed by atoms with Crippen LogP contribution in [0.15, 0.2) is 78.9 Å². The molecule has 0 saturated heterocycles. The van der Waals surface area contributed by atoms with E-state index in [1.54, 1.807) is 36.4 Å². The van der Waals surface area contributed by atoms with Crippen molar-refractivity contribution in [3.8, 4) is 11.5 Å². The minimum atomic E-state index is -0.994. The molecule has 0 aliphatic heterocycles. The van der Waals surface area contributed by atoms with E-state index in [4.69, 9.17) is 4.74 Å². The fourth-order valence-electron chi connectivity index (χ4n) is 2.58. The van der Waals surface area contributed by atoms with Gasteiger partial charge in [-0.25, -0.2) is 0 Å². The van der Waals surface area contributed by atoms with Crippen molar-refractivity contribution >= 4 is 11.6 Å². The Labute approximate surface area is 161 Å². The number of carbonyl (C=O) groups excluding carboxylic acids is 1. The molecule has 3 rings (SSSR count). The summed E-state index contributed by atoms with van der Waals surface area (Å²) in [7, 11) is 0. The Morgan fingerprint density at radius 2 is 1.64 bits per heavy atom. The van der Waals surface area contributed by atoms with E-state index in [1.165, 1.54) is 24.3 Å². The van der Waals surface area contributed by atoms with E-state index in [0.29, 0.717) is 22.6 Å². The van der Waals surface area contributed by atoms with Crippen LogP contribution in [0.3, 0.4) is 0 Å². The van der Waals surface area contributed by atoms with Crippen LogP contribution >= 0.6 is 0 Å². The summed E-state index contributed by atoms with van der Waals surface area (Å²) in [5.74, 6) is 0.609. The predicted octanol–water partition coefficient (Wildman–Crippen LogP) is 3.85. The SMILES string of the molecule is O=C(NC[C@@H](O)c1ccc([N+](=O)[O-])cc1)c1ccccc1Oc1ccccc1. The summed E-state index contributed by atoms with van der Waals surface area (Å²) in [5.41, 5.74) is 0.744. The summed E-state index contributed by atoms with van der Waals surface area (Å²) in [6.45, 7) is -0.0453. The van der Waals surface area contributed by atoms with Crippen molar-refractivity contribution in [3.63, 3.8) is 0 Å². The quantitative estimate of drug-likeness (QED) is 0.480. The summed E-state index contributed by atoms with van der Waals surface area (Å²) in [6, 6.07) is 21.4. The van der Waals surface area contributed by atoms with Gasteiger partial charge in [-0.2, -0.15) is 0 Å². The van der Waals surface area contributed by atoms with E-state index in [2.05, 4.69) is 5.32 Å². The Morgan fingerprint density at radius 1 is 1.00 bits per heavy atom. The molecule has 0 bridgehead atoms. The number of nitrogens with one attached hydrogen (secondary N) is 1. The first-order chi connectivity index (χ1) is 13.5. The van der Waals surface area contributed by atoms with Crippen molar-refractivity contribution in [1.82, 2.24) is 5.32 Å². The molecule has 3 aromatic rings. The molecular weight excluding hydrogens is 360 g/mol. The number of ether oxygens (including phenoxy) is 1. The molecule has 0 aliphatic carbocycles. The monoisotopic (exact) mass is 378 g/mol. The molecule has 0 spiro atoms. The number of benzene rings is 3. The van der Waals surface area contributed by atoms with Gasteiger partial charge in [0.05, 0.1) is 16.6 Å². The van der Waals surface area contributed by atoms with Gasteiger partial charge in [-0.15, -0.1) is 0 Å². The fraction of sp³-hybridized carbons (Fsp3) is 0.0952. The number of nitro groups is 1. The number of non-ortho nitro benzene ring substituents is 1. The Hall–Kier alpha value is -3.71. The standard InChI is InChI=1S/C21H18N2O5/c24-19(15-10-12-16(13-11-15)23(26)27)14-22-21(25)18-8-4-5-9-20(18)28-17-6-2-1-3-7-17/h1-13,19,24H,14H2,(H,22,25)/t19-/m1/s1. The zero-order valence-corrected chi connectivity index (χ0v) is 14.8. The van der Waals surface area contributed by atoms with Gasteiger partial charge in [-0.1, -0.05) is 30.3 Å². The maximum Gasteiger partial charge on any atom is 0.269 e. The molecule has 0 heterocycles. The summed E-state index contributed by atoms with van der Waals surface area (Å²) >= 11 is 0. The third kappa shape index (κ3) is 4.72. The number of aliphatic hydroxyl groups excluding tert-OH is 1. The predicted molar refractivity (Wildman–Crippen MR) is 103 cm³/mol. The lowest BCUT2D eigenvalue weighted by molar-refractivity contribution is -0.384. The second-order valence-electron chi connectivity index (χ2n) is 5.99. The van der Waals surface area contributed by atoms with E-state index in [0.717, 1.165) is 0 Å². The van der Waals surface area contributed by atoms with Crippen LogP contribution in [0.2, 0.25) is 0 Å². The first-order valence-corrected chi connectivity index (χ1v) is 8.57. The van der Waals surface area contributed by atoms with Crippen molar-refractivity contribution in [2.24, 2.45) is 0 Å². The van der Waals surface area contributed by atoms with Gasteiger partial charge >= 0.3 is 0 Å².